The monoisotopic (exact) mass is 367 g/mol. The Balaban J connectivity index is 1.59. The maximum absolute atomic E-state index is 13.0. The minimum atomic E-state index is -4.57. The Bertz CT molecular complexity index is 813. The van der Waals surface area contributed by atoms with Crippen LogP contribution in [0.25, 0.3) is 0 Å². The molecule has 0 aromatic heterocycles. The zero-order valence-corrected chi connectivity index (χ0v) is 13.6. The molecule has 2 saturated carbocycles. The Morgan fingerprint density at radius 3 is 2.08 bits per heavy atom. The van der Waals surface area contributed by atoms with E-state index in [2.05, 4.69) is 0 Å². The highest BCUT2D eigenvalue weighted by Crippen LogP contribution is 2.65. The third-order valence-electron chi connectivity index (χ3n) is 6.18. The molecule has 0 unspecified atom stereocenters. The van der Waals surface area contributed by atoms with Crippen molar-refractivity contribution in [1.29, 1.82) is 0 Å². The largest absolute Gasteiger partial charge is 0.416 e. The van der Waals surface area contributed by atoms with Crippen LogP contribution in [-0.4, -0.2) is 11.8 Å². The summed E-state index contributed by atoms with van der Waals surface area (Å²) in [6.45, 7) is 0. The van der Waals surface area contributed by atoms with Gasteiger partial charge in [-0.2, -0.15) is 13.2 Å². The van der Waals surface area contributed by atoms with Gasteiger partial charge in [0.15, 0.2) is 0 Å². The number of alkyl halides is 3. The van der Waals surface area contributed by atoms with E-state index in [1.807, 2.05) is 12.2 Å². The highest BCUT2D eigenvalue weighted by molar-refractivity contribution is 6.36. The molecule has 5 aliphatic rings. The quantitative estimate of drug-likeness (QED) is 0.557. The standard InChI is InChI=1S/C18H13ClF3NO2/c19-12-4-1-7(18(20,21)22)5-13(12)23-16(24)14-8-2-3-9(11-6-10(8)11)15(14)17(23)25/h1-5,8-11,14-15H,6H2/t8-,9-,10-,11-,14+,15+/m0/s1. The van der Waals surface area contributed by atoms with Gasteiger partial charge in [0.05, 0.1) is 28.1 Å². The molecule has 6 atom stereocenters. The highest BCUT2D eigenvalue weighted by atomic mass is 35.5. The topological polar surface area (TPSA) is 37.4 Å². The lowest BCUT2D eigenvalue weighted by Gasteiger charge is -2.37. The van der Waals surface area contributed by atoms with E-state index < -0.39 is 35.4 Å². The van der Waals surface area contributed by atoms with Crippen molar-refractivity contribution in [3.8, 4) is 0 Å². The normalized spacial score (nSPS) is 38.2. The summed E-state index contributed by atoms with van der Waals surface area (Å²) in [4.78, 5) is 26.8. The number of halogens is 4. The van der Waals surface area contributed by atoms with E-state index in [0.29, 0.717) is 11.8 Å². The van der Waals surface area contributed by atoms with Crippen molar-refractivity contribution in [2.24, 2.45) is 35.5 Å². The molecule has 2 bridgehead atoms. The number of rotatable bonds is 1. The van der Waals surface area contributed by atoms with Gasteiger partial charge in [-0.25, -0.2) is 4.90 Å². The van der Waals surface area contributed by atoms with E-state index in [0.717, 1.165) is 29.5 Å². The summed E-state index contributed by atoms with van der Waals surface area (Å²) >= 11 is 6.05. The summed E-state index contributed by atoms with van der Waals surface area (Å²) in [5.41, 5.74) is -1.08. The van der Waals surface area contributed by atoms with Crippen LogP contribution in [0.3, 0.4) is 0 Å². The highest BCUT2D eigenvalue weighted by Gasteiger charge is 2.67. The Hall–Kier alpha value is -1.82. The first-order chi connectivity index (χ1) is 11.8. The fourth-order valence-corrected chi connectivity index (χ4v) is 5.26. The molecule has 1 saturated heterocycles. The van der Waals surface area contributed by atoms with Crippen molar-refractivity contribution >= 4 is 29.1 Å². The molecule has 1 heterocycles. The first-order valence-electron chi connectivity index (χ1n) is 8.22. The van der Waals surface area contributed by atoms with Crippen LogP contribution in [0.2, 0.25) is 5.02 Å². The van der Waals surface area contributed by atoms with Gasteiger partial charge in [0.25, 0.3) is 0 Å². The van der Waals surface area contributed by atoms with Gasteiger partial charge >= 0.3 is 6.18 Å². The van der Waals surface area contributed by atoms with E-state index in [4.69, 9.17) is 11.6 Å². The number of allylic oxidation sites excluding steroid dienone is 2. The van der Waals surface area contributed by atoms with Gasteiger partial charge in [-0.3, -0.25) is 9.59 Å². The average molecular weight is 368 g/mol. The molecule has 3 nitrogen and oxygen atoms in total. The summed E-state index contributed by atoms with van der Waals surface area (Å²) < 4.78 is 39.1. The molecular formula is C18H13ClF3NO2. The summed E-state index contributed by atoms with van der Waals surface area (Å²) in [7, 11) is 0. The van der Waals surface area contributed by atoms with Crippen LogP contribution in [0.5, 0.6) is 0 Å². The van der Waals surface area contributed by atoms with E-state index in [-0.39, 0.29) is 22.5 Å². The molecule has 1 aromatic rings. The number of imide groups is 1. The molecule has 7 heteroatoms. The first kappa shape index (κ1) is 15.4. The molecule has 25 heavy (non-hydrogen) atoms. The Morgan fingerprint density at radius 1 is 1.00 bits per heavy atom. The van der Waals surface area contributed by atoms with E-state index in [1.54, 1.807) is 0 Å². The van der Waals surface area contributed by atoms with Gasteiger partial charge in [0.1, 0.15) is 0 Å². The second-order valence-electron chi connectivity index (χ2n) is 7.33. The van der Waals surface area contributed by atoms with Gasteiger partial charge in [-0.15, -0.1) is 0 Å². The number of carbonyl (C=O) groups excluding carboxylic acids is 2. The van der Waals surface area contributed by atoms with Crippen LogP contribution in [0.4, 0.5) is 18.9 Å². The summed E-state index contributed by atoms with van der Waals surface area (Å²) in [6.07, 6.45) is 0.491. The third-order valence-corrected chi connectivity index (χ3v) is 6.50. The lowest BCUT2D eigenvalue weighted by molar-refractivity contribution is -0.137. The van der Waals surface area contributed by atoms with Crippen molar-refractivity contribution in [3.63, 3.8) is 0 Å². The van der Waals surface area contributed by atoms with Gasteiger partial charge in [-0.1, -0.05) is 23.8 Å². The van der Waals surface area contributed by atoms with Crippen LogP contribution in [-0.2, 0) is 15.8 Å². The SMILES string of the molecule is O=C1[C@@H]2[C@H]3C=C[C@@H]([C@@H]4C[C@@H]34)[C@H]2C(=O)N1c1cc(C(F)(F)F)ccc1Cl. The molecule has 1 aliphatic heterocycles. The second kappa shape index (κ2) is 4.67. The molecule has 1 aromatic carbocycles. The lowest BCUT2D eigenvalue weighted by atomic mass is 9.63. The van der Waals surface area contributed by atoms with Crippen LogP contribution < -0.4 is 4.90 Å². The van der Waals surface area contributed by atoms with Crippen LogP contribution in [0, 0.1) is 35.5 Å². The first-order valence-corrected chi connectivity index (χ1v) is 8.59. The fraction of sp³-hybridized carbons (Fsp3) is 0.444. The second-order valence-corrected chi connectivity index (χ2v) is 7.74. The summed E-state index contributed by atoms with van der Waals surface area (Å²) in [5, 5.41) is -0.0289. The molecular weight excluding hydrogens is 355 g/mol. The molecule has 6 rings (SSSR count). The van der Waals surface area contributed by atoms with Crippen molar-refractivity contribution in [2.75, 3.05) is 4.90 Å². The number of benzene rings is 1. The van der Waals surface area contributed by atoms with E-state index in [9.17, 15) is 22.8 Å². The van der Waals surface area contributed by atoms with E-state index in [1.165, 1.54) is 0 Å². The van der Waals surface area contributed by atoms with Gasteiger partial charge in [-0.05, 0) is 48.3 Å². The minimum Gasteiger partial charge on any atom is -0.274 e. The Labute approximate surface area is 146 Å². The zero-order valence-electron chi connectivity index (χ0n) is 12.8. The summed E-state index contributed by atoms with van der Waals surface area (Å²) in [6, 6.07) is 2.74. The molecule has 2 amide bonds. The van der Waals surface area contributed by atoms with E-state index >= 15 is 0 Å². The number of hydrogen-bond acceptors (Lipinski definition) is 2. The molecule has 0 N–H and O–H groups in total. The Morgan fingerprint density at radius 2 is 1.56 bits per heavy atom. The van der Waals surface area contributed by atoms with Gasteiger partial charge in [0, 0.05) is 0 Å². The molecule has 3 fully saturated rings. The third kappa shape index (κ3) is 1.94. The number of amides is 2. The smallest absolute Gasteiger partial charge is 0.274 e. The van der Waals surface area contributed by atoms with Crippen LogP contribution >= 0.6 is 11.6 Å². The minimum absolute atomic E-state index is 0.0195. The van der Waals surface area contributed by atoms with Crippen LogP contribution in [0.1, 0.15) is 12.0 Å². The maximum Gasteiger partial charge on any atom is 0.416 e. The number of carbonyl (C=O) groups is 2. The summed E-state index contributed by atoms with van der Waals surface area (Å²) in [5.74, 6) is -0.845. The number of nitrogens with zero attached hydrogens (tertiary/aromatic N) is 1. The predicted octanol–water partition coefficient (Wildman–Crippen LogP) is 3.92. The molecule has 0 radical (unpaired) electrons. The van der Waals surface area contributed by atoms with Crippen molar-refractivity contribution < 1.29 is 22.8 Å². The molecule has 4 aliphatic carbocycles. The van der Waals surface area contributed by atoms with Crippen LogP contribution in [0.15, 0.2) is 30.4 Å². The molecule has 130 valence electrons. The fourth-order valence-electron chi connectivity index (χ4n) is 5.05. The maximum atomic E-state index is 13.0. The van der Waals surface area contributed by atoms with Crippen molar-refractivity contribution in [2.45, 2.75) is 12.6 Å². The molecule has 0 spiro atoms. The lowest BCUT2D eigenvalue weighted by Crippen LogP contribution is -2.40. The van der Waals surface area contributed by atoms with Gasteiger partial charge < -0.3 is 0 Å². The van der Waals surface area contributed by atoms with Gasteiger partial charge in [0.2, 0.25) is 11.8 Å². The predicted molar refractivity (Wildman–Crippen MR) is 83.6 cm³/mol. The average Bonchev–Trinajstić information content (AvgIpc) is 3.32. The number of hydrogen-bond donors (Lipinski definition) is 0. The zero-order chi connectivity index (χ0) is 17.7. The Kier molecular flexibility index (Phi) is 2.88. The van der Waals surface area contributed by atoms with Crippen molar-refractivity contribution in [1.82, 2.24) is 0 Å². The number of anilines is 1. The van der Waals surface area contributed by atoms with Crippen molar-refractivity contribution in [3.05, 3.63) is 40.9 Å².